The van der Waals surface area contributed by atoms with Gasteiger partial charge < -0.3 is 14.5 Å². The van der Waals surface area contributed by atoms with E-state index < -0.39 is 5.92 Å². The van der Waals surface area contributed by atoms with Crippen molar-refractivity contribution < 1.29 is 14.3 Å². The monoisotopic (exact) mass is 463 g/mol. The molecule has 1 aromatic rings. The van der Waals surface area contributed by atoms with Gasteiger partial charge in [0.1, 0.15) is 11.7 Å². The zero-order chi connectivity index (χ0) is 22.4. The predicted molar refractivity (Wildman–Crippen MR) is 122 cm³/mol. The first-order valence-corrected chi connectivity index (χ1v) is 11.3. The van der Waals surface area contributed by atoms with Crippen LogP contribution < -0.4 is 0 Å². The number of hydrogen-bond acceptors (Lipinski definition) is 4. The van der Waals surface area contributed by atoms with Gasteiger partial charge in [0.05, 0.1) is 17.7 Å². The van der Waals surface area contributed by atoms with Crippen LogP contribution in [0.4, 0.5) is 0 Å². The zero-order valence-electron chi connectivity index (χ0n) is 18.2. The van der Waals surface area contributed by atoms with E-state index in [0.717, 1.165) is 24.2 Å². The standard InChI is InChI=1S/C23H27Cl2N3O3/c1-12-7-19(31-4)17(22(29)26-12)11-28-6-5-15-18(24)8-16(21(25)20(15)23(28)30)13(2)14-9-27(3)10-14/h7-8,13-14,17H,5-6,9-11H2,1-4H3. The maximum atomic E-state index is 13.5. The maximum Gasteiger partial charge on any atom is 0.258 e. The third-order valence-electron chi connectivity index (χ3n) is 6.69. The molecule has 0 spiro atoms. The summed E-state index contributed by atoms with van der Waals surface area (Å²) in [4.78, 5) is 34.0. The highest BCUT2D eigenvalue weighted by molar-refractivity contribution is 6.37. The molecule has 0 aliphatic carbocycles. The fraction of sp³-hybridized carbons (Fsp3) is 0.522. The number of likely N-dealkylation sites (tertiary alicyclic amines) is 1. The molecular weight excluding hydrogens is 437 g/mol. The molecule has 2 unspecified atom stereocenters. The molecule has 31 heavy (non-hydrogen) atoms. The van der Waals surface area contributed by atoms with Gasteiger partial charge in [0.25, 0.3) is 11.8 Å². The van der Waals surface area contributed by atoms with Gasteiger partial charge in [-0.15, -0.1) is 0 Å². The Kier molecular flexibility index (Phi) is 6.16. The number of benzene rings is 1. The van der Waals surface area contributed by atoms with Gasteiger partial charge in [-0.1, -0.05) is 30.1 Å². The molecule has 166 valence electrons. The lowest BCUT2D eigenvalue weighted by atomic mass is 9.81. The van der Waals surface area contributed by atoms with E-state index in [1.807, 2.05) is 6.07 Å². The number of methoxy groups -OCH3 is 1. The minimum atomic E-state index is -0.610. The number of aliphatic imine (C=N–C) groups is 1. The molecule has 0 saturated carbocycles. The van der Waals surface area contributed by atoms with Crippen LogP contribution >= 0.6 is 23.2 Å². The lowest BCUT2D eigenvalue weighted by Gasteiger charge is -2.41. The first-order chi connectivity index (χ1) is 14.7. The Morgan fingerprint density at radius 3 is 2.65 bits per heavy atom. The molecule has 2 atom stereocenters. The third-order valence-corrected chi connectivity index (χ3v) is 7.43. The van der Waals surface area contributed by atoms with Crippen molar-refractivity contribution in [3.8, 4) is 0 Å². The minimum Gasteiger partial charge on any atom is -0.500 e. The molecule has 3 aliphatic heterocycles. The van der Waals surface area contributed by atoms with Gasteiger partial charge in [-0.05, 0) is 55.5 Å². The summed E-state index contributed by atoms with van der Waals surface area (Å²) < 4.78 is 5.41. The van der Waals surface area contributed by atoms with Crippen LogP contribution in [0.3, 0.4) is 0 Å². The largest absolute Gasteiger partial charge is 0.500 e. The van der Waals surface area contributed by atoms with Crippen LogP contribution in [0.15, 0.2) is 22.9 Å². The minimum absolute atomic E-state index is 0.192. The van der Waals surface area contributed by atoms with E-state index >= 15 is 0 Å². The number of halogens is 2. The summed E-state index contributed by atoms with van der Waals surface area (Å²) in [5, 5.41) is 1.08. The second kappa shape index (κ2) is 8.57. The van der Waals surface area contributed by atoms with Crippen molar-refractivity contribution in [2.75, 3.05) is 40.3 Å². The summed E-state index contributed by atoms with van der Waals surface area (Å²) in [6.45, 7) is 6.57. The number of hydrogen-bond donors (Lipinski definition) is 0. The Bertz CT molecular complexity index is 998. The summed E-state index contributed by atoms with van der Waals surface area (Å²) in [7, 11) is 3.62. The lowest BCUT2D eigenvalue weighted by molar-refractivity contribution is -0.122. The van der Waals surface area contributed by atoms with Gasteiger partial charge in [-0.3, -0.25) is 9.59 Å². The van der Waals surface area contributed by atoms with Gasteiger partial charge >= 0.3 is 0 Å². The number of allylic oxidation sites excluding steroid dienone is 1. The van der Waals surface area contributed by atoms with Crippen LogP contribution in [0.25, 0.3) is 0 Å². The molecule has 3 aliphatic rings. The number of amides is 2. The predicted octanol–water partition coefficient (Wildman–Crippen LogP) is 3.80. The average Bonchev–Trinajstić information content (AvgIpc) is 2.70. The van der Waals surface area contributed by atoms with Gasteiger partial charge in [0.2, 0.25) is 0 Å². The highest BCUT2D eigenvalue weighted by Gasteiger charge is 2.37. The number of carbonyl (C=O) groups excluding carboxylic acids is 2. The van der Waals surface area contributed by atoms with Crippen LogP contribution in [0.5, 0.6) is 0 Å². The Balaban J connectivity index is 1.62. The lowest BCUT2D eigenvalue weighted by Crippen LogP contribution is -2.46. The summed E-state index contributed by atoms with van der Waals surface area (Å²) in [5.74, 6) is 0.119. The third kappa shape index (κ3) is 4.01. The fourth-order valence-electron chi connectivity index (χ4n) is 4.78. The summed E-state index contributed by atoms with van der Waals surface area (Å²) in [5.41, 5.74) is 2.79. The van der Waals surface area contributed by atoms with Crippen LogP contribution in [0.2, 0.25) is 10.0 Å². The number of nitrogens with zero attached hydrogens (tertiary/aromatic N) is 3. The molecule has 1 fully saturated rings. The zero-order valence-corrected chi connectivity index (χ0v) is 19.8. The Morgan fingerprint density at radius 1 is 1.29 bits per heavy atom. The van der Waals surface area contributed by atoms with E-state index in [2.05, 4.69) is 23.9 Å². The average molecular weight is 464 g/mol. The van der Waals surface area contributed by atoms with Crippen molar-refractivity contribution in [3.63, 3.8) is 0 Å². The molecule has 2 amide bonds. The van der Waals surface area contributed by atoms with Gasteiger partial charge in [0, 0.05) is 36.9 Å². The van der Waals surface area contributed by atoms with E-state index in [1.165, 1.54) is 7.11 Å². The summed E-state index contributed by atoms with van der Waals surface area (Å²) >= 11 is 13.4. The first-order valence-electron chi connectivity index (χ1n) is 10.5. The molecule has 0 radical (unpaired) electrons. The SMILES string of the molecule is COC1=CC(C)=NC(=O)C1CN1CCc2c(Cl)cc(C(C)C3CN(C)C3)c(Cl)c2C1=O. The van der Waals surface area contributed by atoms with Crippen molar-refractivity contribution in [1.29, 1.82) is 0 Å². The van der Waals surface area contributed by atoms with Crippen LogP contribution in [-0.2, 0) is 16.0 Å². The normalized spacial score (nSPS) is 23.2. The number of fused-ring (bicyclic) bond motifs is 1. The molecule has 3 heterocycles. The summed E-state index contributed by atoms with van der Waals surface area (Å²) in [6.07, 6.45) is 2.34. The second-order valence-corrected chi connectivity index (χ2v) is 9.57. The smallest absolute Gasteiger partial charge is 0.258 e. The van der Waals surface area contributed by atoms with Crippen molar-refractivity contribution in [2.45, 2.75) is 26.2 Å². The van der Waals surface area contributed by atoms with Crippen molar-refractivity contribution in [1.82, 2.24) is 9.80 Å². The molecule has 0 bridgehead atoms. The first kappa shape index (κ1) is 22.3. The number of ether oxygens (including phenoxy) is 1. The molecule has 4 rings (SSSR count). The van der Waals surface area contributed by atoms with E-state index in [4.69, 9.17) is 27.9 Å². The maximum absolute atomic E-state index is 13.5. The van der Waals surface area contributed by atoms with E-state index in [0.29, 0.717) is 46.0 Å². The number of dihydropyridines is 1. The van der Waals surface area contributed by atoms with E-state index in [9.17, 15) is 9.59 Å². The highest BCUT2D eigenvalue weighted by atomic mass is 35.5. The van der Waals surface area contributed by atoms with Crippen molar-refractivity contribution in [3.05, 3.63) is 44.6 Å². The van der Waals surface area contributed by atoms with Crippen LogP contribution in [0, 0.1) is 11.8 Å². The molecule has 1 aromatic carbocycles. The molecule has 1 saturated heterocycles. The molecule has 6 nitrogen and oxygen atoms in total. The highest BCUT2D eigenvalue weighted by Crippen LogP contribution is 2.41. The number of rotatable bonds is 5. The Morgan fingerprint density at radius 2 is 2.00 bits per heavy atom. The topological polar surface area (TPSA) is 62.2 Å². The van der Waals surface area contributed by atoms with Gasteiger partial charge in [0.15, 0.2) is 0 Å². The van der Waals surface area contributed by atoms with Gasteiger partial charge in [-0.25, -0.2) is 4.99 Å². The molecule has 0 aromatic heterocycles. The van der Waals surface area contributed by atoms with Crippen molar-refractivity contribution in [2.24, 2.45) is 16.8 Å². The quantitative estimate of drug-likeness (QED) is 0.665. The Labute approximate surface area is 192 Å². The fourth-order valence-corrected chi connectivity index (χ4v) is 5.51. The Hall–Kier alpha value is -1.89. The van der Waals surface area contributed by atoms with E-state index in [-0.39, 0.29) is 24.3 Å². The molecule has 0 N–H and O–H groups in total. The van der Waals surface area contributed by atoms with Gasteiger partial charge in [-0.2, -0.15) is 0 Å². The molecular formula is C23H27Cl2N3O3. The molecule has 8 heteroatoms. The summed E-state index contributed by atoms with van der Waals surface area (Å²) in [6, 6.07) is 1.93. The van der Waals surface area contributed by atoms with Crippen LogP contribution in [0.1, 0.15) is 41.3 Å². The second-order valence-electron chi connectivity index (χ2n) is 8.78. The van der Waals surface area contributed by atoms with Crippen molar-refractivity contribution >= 4 is 40.7 Å². The van der Waals surface area contributed by atoms with Crippen LogP contribution in [-0.4, -0.2) is 67.7 Å². The number of carbonyl (C=O) groups is 2. The van der Waals surface area contributed by atoms with E-state index in [1.54, 1.807) is 17.9 Å².